The summed E-state index contributed by atoms with van der Waals surface area (Å²) in [5.74, 6) is -0.0762. The number of aromatic nitrogens is 4. The number of thioether (sulfide) groups is 1. The molecule has 0 aliphatic rings. The first-order chi connectivity index (χ1) is 12.5. The van der Waals surface area contributed by atoms with Crippen molar-refractivity contribution in [2.45, 2.75) is 38.1 Å². The molecule has 0 radical (unpaired) electrons. The summed E-state index contributed by atoms with van der Waals surface area (Å²) in [5.41, 5.74) is 5.03. The maximum absolute atomic E-state index is 12.7. The number of rotatable bonds is 5. The number of para-hydroxylation sites is 1. The van der Waals surface area contributed by atoms with Crippen molar-refractivity contribution in [1.29, 1.82) is 0 Å². The highest BCUT2D eigenvalue weighted by Gasteiger charge is 2.20. The zero-order valence-electron chi connectivity index (χ0n) is 15.2. The van der Waals surface area contributed by atoms with Crippen molar-refractivity contribution in [1.82, 2.24) is 20.2 Å². The van der Waals surface area contributed by atoms with E-state index in [1.807, 2.05) is 58.0 Å². The molecule has 6 nitrogen and oxygen atoms in total. The molecule has 0 unspecified atom stereocenters. The number of carbonyl (C=O) groups is 1. The van der Waals surface area contributed by atoms with Crippen molar-refractivity contribution in [2.24, 2.45) is 0 Å². The molecule has 3 rings (SSSR count). The number of benzene rings is 2. The third kappa shape index (κ3) is 3.94. The number of nitrogens with zero attached hydrogens (tertiary/aromatic N) is 4. The van der Waals surface area contributed by atoms with Crippen LogP contribution in [0.3, 0.4) is 0 Å². The Balaban J connectivity index is 1.74. The van der Waals surface area contributed by atoms with E-state index in [0.29, 0.717) is 5.16 Å². The quantitative estimate of drug-likeness (QED) is 0.696. The normalized spacial score (nSPS) is 12.0. The van der Waals surface area contributed by atoms with Gasteiger partial charge in [-0.25, -0.2) is 0 Å². The minimum Gasteiger partial charge on any atom is -0.325 e. The average molecular weight is 367 g/mol. The number of hydrogen-bond donors (Lipinski definition) is 1. The van der Waals surface area contributed by atoms with Crippen LogP contribution in [0, 0.1) is 20.8 Å². The molecule has 1 atom stereocenters. The molecule has 0 aliphatic carbocycles. The van der Waals surface area contributed by atoms with Crippen LogP contribution in [0.15, 0.2) is 47.6 Å². The summed E-state index contributed by atoms with van der Waals surface area (Å²) >= 11 is 1.33. The lowest BCUT2D eigenvalue weighted by molar-refractivity contribution is -0.115. The molecular formula is C19H21N5OS. The van der Waals surface area contributed by atoms with Gasteiger partial charge in [0.2, 0.25) is 11.1 Å². The van der Waals surface area contributed by atoms with Gasteiger partial charge in [-0.05, 0) is 61.4 Å². The highest BCUT2D eigenvalue weighted by atomic mass is 32.2. The number of tetrazole rings is 1. The molecule has 0 saturated carbocycles. The zero-order chi connectivity index (χ0) is 18.7. The molecule has 1 aromatic heterocycles. The van der Waals surface area contributed by atoms with Crippen LogP contribution in [-0.4, -0.2) is 31.4 Å². The second-order valence-corrected chi connectivity index (χ2v) is 7.54. The first-order valence-electron chi connectivity index (χ1n) is 8.35. The third-order valence-electron chi connectivity index (χ3n) is 4.02. The molecule has 134 valence electrons. The molecule has 3 aromatic rings. The van der Waals surface area contributed by atoms with E-state index in [9.17, 15) is 4.79 Å². The molecule has 7 heteroatoms. The highest BCUT2D eigenvalue weighted by Crippen LogP contribution is 2.26. The number of hydrogen-bond acceptors (Lipinski definition) is 5. The van der Waals surface area contributed by atoms with E-state index < -0.39 is 0 Å². The number of nitrogens with one attached hydrogen (secondary N) is 1. The molecule has 1 amide bonds. The summed E-state index contributed by atoms with van der Waals surface area (Å²) < 4.78 is 1.64. The summed E-state index contributed by atoms with van der Waals surface area (Å²) in [6.07, 6.45) is 0. The van der Waals surface area contributed by atoms with Gasteiger partial charge in [0.05, 0.1) is 10.9 Å². The lowest BCUT2D eigenvalue weighted by Crippen LogP contribution is -2.24. The Morgan fingerprint density at radius 3 is 2.42 bits per heavy atom. The fourth-order valence-electron chi connectivity index (χ4n) is 2.80. The van der Waals surface area contributed by atoms with Crippen molar-refractivity contribution in [2.75, 3.05) is 5.32 Å². The summed E-state index contributed by atoms with van der Waals surface area (Å²) in [6, 6.07) is 13.7. The van der Waals surface area contributed by atoms with Gasteiger partial charge in [0.1, 0.15) is 0 Å². The fourth-order valence-corrected chi connectivity index (χ4v) is 3.60. The van der Waals surface area contributed by atoms with Crippen molar-refractivity contribution in [3.8, 4) is 5.69 Å². The predicted molar refractivity (Wildman–Crippen MR) is 104 cm³/mol. The van der Waals surface area contributed by atoms with E-state index in [0.717, 1.165) is 22.5 Å². The van der Waals surface area contributed by atoms with Crippen LogP contribution in [0.2, 0.25) is 0 Å². The maximum atomic E-state index is 12.7. The largest absolute Gasteiger partial charge is 0.325 e. The molecule has 1 heterocycles. The third-order valence-corrected chi connectivity index (χ3v) is 5.05. The van der Waals surface area contributed by atoms with Crippen LogP contribution < -0.4 is 5.32 Å². The Labute approximate surface area is 157 Å². The minimum atomic E-state index is -0.344. The van der Waals surface area contributed by atoms with E-state index in [4.69, 9.17) is 0 Å². The molecule has 0 fully saturated rings. The van der Waals surface area contributed by atoms with Crippen LogP contribution in [0.1, 0.15) is 23.6 Å². The minimum absolute atomic E-state index is 0.0762. The zero-order valence-corrected chi connectivity index (χ0v) is 16.0. The molecule has 26 heavy (non-hydrogen) atoms. The van der Waals surface area contributed by atoms with Crippen molar-refractivity contribution in [3.05, 3.63) is 59.2 Å². The molecule has 0 aliphatic heterocycles. The average Bonchev–Trinajstić information content (AvgIpc) is 3.06. The van der Waals surface area contributed by atoms with Gasteiger partial charge in [-0.15, -0.1) is 5.10 Å². The van der Waals surface area contributed by atoms with Gasteiger partial charge in [0.25, 0.3) is 0 Å². The monoisotopic (exact) mass is 367 g/mol. The Bertz CT molecular complexity index is 900. The van der Waals surface area contributed by atoms with Gasteiger partial charge in [-0.3, -0.25) is 4.79 Å². The molecule has 0 saturated heterocycles. The highest BCUT2D eigenvalue weighted by molar-refractivity contribution is 8.00. The van der Waals surface area contributed by atoms with E-state index in [-0.39, 0.29) is 11.2 Å². The van der Waals surface area contributed by atoms with Crippen LogP contribution >= 0.6 is 11.8 Å². The van der Waals surface area contributed by atoms with Gasteiger partial charge >= 0.3 is 0 Å². The lowest BCUT2D eigenvalue weighted by Gasteiger charge is -2.16. The van der Waals surface area contributed by atoms with Gasteiger partial charge in [0.15, 0.2) is 0 Å². The van der Waals surface area contributed by atoms with Crippen molar-refractivity contribution < 1.29 is 4.79 Å². The summed E-state index contributed by atoms with van der Waals surface area (Å²) in [6.45, 7) is 7.91. The van der Waals surface area contributed by atoms with Gasteiger partial charge in [-0.1, -0.05) is 47.7 Å². The Morgan fingerprint density at radius 2 is 1.77 bits per heavy atom. The Hall–Kier alpha value is -2.67. The van der Waals surface area contributed by atoms with Crippen LogP contribution in [0.25, 0.3) is 5.69 Å². The topological polar surface area (TPSA) is 72.7 Å². The number of aryl methyl sites for hydroxylation is 3. The van der Waals surface area contributed by atoms with Crippen molar-refractivity contribution in [3.63, 3.8) is 0 Å². The molecule has 0 spiro atoms. The summed E-state index contributed by atoms with van der Waals surface area (Å²) in [5, 5.41) is 15.1. The second-order valence-electron chi connectivity index (χ2n) is 6.23. The van der Waals surface area contributed by atoms with E-state index in [1.54, 1.807) is 4.68 Å². The van der Waals surface area contributed by atoms with Gasteiger partial charge in [-0.2, -0.15) is 4.68 Å². The Kier molecular flexibility index (Phi) is 5.37. The molecule has 0 bridgehead atoms. The molecule has 1 N–H and O–H groups in total. The smallest absolute Gasteiger partial charge is 0.237 e. The first-order valence-corrected chi connectivity index (χ1v) is 9.23. The molecule has 2 aromatic carbocycles. The van der Waals surface area contributed by atoms with Crippen LogP contribution in [0.5, 0.6) is 0 Å². The second kappa shape index (κ2) is 7.70. The van der Waals surface area contributed by atoms with E-state index in [1.165, 1.54) is 17.3 Å². The van der Waals surface area contributed by atoms with Gasteiger partial charge in [0, 0.05) is 5.69 Å². The molecular weight excluding hydrogens is 346 g/mol. The summed E-state index contributed by atoms with van der Waals surface area (Å²) in [7, 11) is 0. The van der Waals surface area contributed by atoms with Crippen LogP contribution in [-0.2, 0) is 4.79 Å². The lowest BCUT2D eigenvalue weighted by atomic mass is 10.1. The maximum Gasteiger partial charge on any atom is 0.237 e. The SMILES string of the molecule is Cc1cc(C)c(NC(=O)[C@@H](C)Sc2nnnn2-c2ccccc2)c(C)c1. The number of amides is 1. The van der Waals surface area contributed by atoms with Crippen LogP contribution in [0.4, 0.5) is 5.69 Å². The first kappa shape index (κ1) is 18.1. The summed E-state index contributed by atoms with van der Waals surface area (Å²) in [4.78, 5) is 12.7. The van der Waals surface area contributed by atoms with E-state index >= 15 is 0 Å². The van der Waals surface area contributed by atoms with Gasteiger partial charge < -0.3 is 5.32 Å². The standard InChI is InChI=1S/C19H21N5OS/c1-12-10-13(2)17(14(3)11-12)20-18(25)15(4)26-19-21-22-23-24(19)16-8-6-5-7-9-16/h5-11,15H,1-4H3,(H,20,25)/t15-/m1/s1. The van der Waals surface area contributed by atoms with E-state index in [2.05, 4.69) is 33.0 Å². The van der Waals surface area contributed by atoms with Crippen molar-refractivity contribution >= 4 is 23.4 Å². The fraction of sp³-hybridized carbons (Fsp3) is 0.263. The number of carbonyl (C=O) groups excluding carboxylic acids is 1. The number of anilines is 1. The Morgan fingerprint density at radius 1 is 1.12 bits per heavy atom. The predicted octanol–water partition coefficient (Wildman–Crippen LogP) is 3.71.